The topological polar surface area (TPSA) is 73.9 Å². The summed E-state index contributed by atoms with van der Waals surface area (Å²) in [6, 6.07) is 5.79. The molecule has 6 nitrogen and oxygen atoms in total. The maximum absolute atomic E-state index is 15.3. The van der Waals surface area contributed by atoms with E-state index in [0.29, 0.717) is 24.3 Å². The summed E-state index contributed by atoms with van der Waals surface area (Å²) in [5, 5.41) is 11.3. The summed E-state index contributed by atoms with van der Waals surface area (Å²) in [5.74, 6) is -1.34. The van der Waals surface area contributed by atoms with Crippen LogP contribution >= 0.6 is 0 Å². The van der Waals surface area contributed by atoms with Gasteiger partial charge >= 0.3 is 0 Å². The van der Waals surface area contributed by atoms with Crippen LogP contribution in [0.4, 0.5) is 8.78 Å². The number of amides is 1. The number of aromatic nitrogens is 3. The summed E-state index contributed by atoms with van der Waals surface area (Å²) in [4.78, 5) is 19.0. The molecule has 8 heteroatoms. The Hall–Kier alpha value is -3.39. The number of hydrogen-bond donors (Lipinski definition) is 2. The fraction of sp³-hybridized carbons (Fsp3) is 0.320. The number of carbonyl (C=O) groups is 1. The van der Waals surface area contributed by atoms with Crippen molar-refractivity contribution in [2.24, 2.45) is 0 Å². The number of rotatable bonds is 5. The van der Waals surface area contributed by atoms with Gasteiger partial charge in [-0.2, -0.15) is 5.10 Å². The average molecular weight is 450 g/mol. The van der Waals surface area contributed by atoms with Crippen molar-refractivity contribution in [3.63, 3.8) is 0 Å². The number of nitrogens with one attached hydrogen (secondary N) is 2. The molecule has 0 unspecified atom stereocenters. The van der Waals surface area contributed by atoms with E-state index in [0.717, 1.165) is 47.6 Å². The highest BCUT2D eigenvalue weighted by molar-refractivity contribution is 6.08. The molecule has 1 aliphatic rings. The third-order valence-electron chi connectivity index (χ3n) is 6.28. The first-order chi connectivity index (χ1) is 15.9. The van der Waals surface area contributed by atoms with Crippen molar-refractivity contribution < 1.29 is 13.6 Å². The zero-order valence-corrected chi connectivity index (χ0v) is 18.6. The third-order valence-corrected chi connectivity index (χ3v) is 6.28. The monoisotopic (exact) mass is 449 g/mol. The van der Waals surface area contributed by atoms with E-state index in [-0.39, 0.29) is 22.6 Å². The number of likely N-dealkylation sites (N-methyl/N-ethyl adjacent to an activating group) is 1. The molecule has 0 saturated carbocycles. The number of H-pyrrole nitrogens is 1. The van der Waals surface area contributed by atoms with Gasteiger partial charge in [0.2, 0.25) is 0 Å². The van der Waals surface area contributed by atoms with Crippen molar-refractivity contribution in [3.8, 4) is 11.3 Å². The van der Waals surface area contributed by atoms with Crippen molar-refractivity contribution >= 4 is 27.7 Å². The van der Waals surface area contributed by atoms with E-state index in [1.54, 1.807) is 18.3 Å². The van der Waals surface area contributed by atoms with Crippen LogP contribution in [0.5, 0.6) is 0 Å². The maximum atomic E-state index is 15.3. The molecule has 0 spiro atoms. The van der Waals surface area contributed by atoms with E-state index < -0.39 is 11.6 Å². The maximum Gasteiger partial charge on any atom is 0.251 e. The molecule has 170 valence electrons. The first-order valence-electron chi connectivity index (χ1n) is 11.1. The zero-order valence-electron chi connectivity index (χ0n) is 18.6. The minimum Gasteiger partial charge on any atom is -0.351 e. The van der Waals surface area contributed by atoms with Crippen LogP contribution in [0.15, 0.2) is 30.5 Å². The highest BCUT2D eigenvalue weighted by atomic mass is 19.1. The lowest BCUT2D eigenvalue weighted by Crippen LogP contribution is -2.31. The van der Waals surface area contributed by atoms with E-state index in [2.05, 4.69) is 20.5 Å². The van der Waals surface area contributed by atoms with Gasteiger partial charge in [0.05, 0.1) is 17.4 Å². The number of fused-ring (bicyclic) bond motifs is 5. The quantitative estimate of drug-likeness (QED) is 0.478. The number of pyridine rings is 1. The molecule has 1 aliphatic carbocycles. The number of halogens is 2. The van der Waals surface area contributed by atoms with Crippen molar-refractivity contribution in [1.82, 2.24) is 25.4 Å². The molecule has 0 radical (unpaired) electrons. The highest BCUT2D eigenvalue weighted by Gasteiger charge is 2.24. The van der Waals surface area contributed by atoms with Gasteiger partial charge in [-0.15, -0.1) is 0 Å². The largest absolute Gasteiger partial charge is 0.351 e. The third kappa shape index (κ3) is 3.84. The Kier molecular flexibility index (Phi) is 5.54. The predicted molar refractivity (Wildman–Crippen MR) is 124 cm³/mol. The Bertz CT molecular complexity index is 1380. The van der Waals surface area contributed by atoms with Crippen LogP contribution in [0.2, 0.25) is 0 Å². The Morgan fingerprint density at radius 1 is 1.12 bits per heavy atom. The number of carbonyl (C=O) groups excluding carboxylic acids is 1. The van der Waals surface area contributed by atoms with Crippen molar-refractivity contribution in [2.75, 3.05) is 27.2 Å². The molecule has 33 heavy (non-hydrogen) atoms. The molecule has 2 aromatic heterocycles. The molecule has 5 rings (SSSR count). The fourth-order valence-corrected chi connectivity index (χ4v) is 4.65. The van der Waals surface area contributed by atoms with E-state index in [4.69, 9.17) is 0 Å². The van der Waals surface area contributed by atoms with Gasteiger partial charge in [0.1, 0.15) is 11.3 Å². The lowest BCUT2D eigenvalue weighted by molar-refractivity contribution is 0.0950. The second-order valence-electron chi connectivity index (χ2n) is 8.79. The summed E-state index contributed by atoms with van der Waals surface area (Å²) < 4.78 is 30.3. The number of benzene rings is 2. The molecule has 0 atom stereocenters. The molecule has 2 heterocycles. The van der Waals surface area contributed by atoms with Crippen LogP contribution in [0.3, 0.4) is 0 Å². The number of nitrogens with zero attached hydrogens (tertiary/aromatic N) is 3. The van der Waals surface area contributed by atoms with Crippen molar-refractivity contribution in [2.45, 2.75) is 25.7 Å². The Labute approximate surface area is 190 Å². The van der Waals surface area contributed by atoms with Gasteiger partial charge in [-0.1, -0.05) is 0 Å². The van der Waals surface area contributed by atoms with E-state index in [1.807, 2.05) is 19.0 Å². The molecule has 0 aliphatic heterocycles. The second-order valence-corrected chi connectivity index (χ2v) is 8.79. The van der Waals surface area contributed by atoms with E-state index in [1.165, 1.54) is 12.1 Å². The lowest BCUT2D eigenvalue weighted by atomic mass is 9.85. The summed E-state index contributed by atoms with van der Waals surface area (Å²) in [5.41, 5.74) is 3.79. The first kappa shape index (κ1) is 21.5. The average Bonchev–Trinajstić information content (AvgIpc) is 3.26. The first-order valence-corrected chi connectivity index (χ1v) is 11.1. The van der Waals surface area contributed by atoms with Crippen LogP contribution in [-0.4, -0.2) is 53.2 Å². The van der Waals surface area contributed by atoms with Gasteiger partial charge < -0.3 is 10.2 Å². The van der Waals surface area contributed by atoms with E-state index >= 15 is 8.78 Å². The Morgan fingerprint density at radius 2 is 1.91 bits per heavy atom. The van der Waals surface area contributed by atoms with Crippen LogP contribution in [0.1, 0.15) is 34.3 Å². The Morgan fingerprint density at radius 3 is 2.67 bits per heavy atom. The molecule has 0 fully saturated rings. The van der Waals surface area contributed by atoms with Gasteiger partial charge in [0, 0.05) is 41.1 Å². The smallest absolute Gasteiger partial charge is 0.251 e. The highest BCUT2D eigenvalue weighted by Crippen LogP contribution is 2.39. The zero-order chi connectivity index (χ0) is 23.1. The van der Waals surface area contributed by atoms with Crippen LogP contribution in [0, 0.1) is 11.6 Å². The minimum atomic E-state index is -0.542. The minimum absolute atomic E-state index is 0.226. The normalized spacial score (nSPS) is 13.6. The van der Waals surface area contributed by atoms with Gasteiger partial charge in [0.25, 0.3) is 5.91 Å². The predicted octanol–water partition coefficient (Wildman–Crippen LogP) is 4.23. The van der Waals surface area contributed by atoms with Crippen molar-refractivity contribution in [3.05, 3.63) is 58.8 Å². The van der Waals surface area contributed by atoms with Gasteiger partial charge in [-0.05, 0) is 69.1 Å². The van der Waals surface area contributed by atoms with Gasteiger partial charge in [-0.25, -0.2) is 13.8 Å². The number of aryl methyl sites for hydroxylation is 1. The van der Waals surface area contributed by atoms with Gasteiger partial charge in [0.15, 0.2) is 5.82 Å². The summed E-state index contributed by atoms with van der Waals surface area (Å²) in [6.45, 7) is 1.16. The van der Waals surface area contributed by atoms with Crippen LogP contribution in [0.25, 0.3) is 33.1 Å². The van der Waals surface area contributed by atoms with Crippen LogP contribution < -0.4 is 5.32 Å². The molecule has 4 aromatic rings. The molecular weight excluding hydrogens is 424 g/mol. The SMILES string of the molecule is CN(C)CCNC(=O)c1ccc(-c2nc3c(F)cc4[nH]ncc4c3c3c2CCCC3)c(F)c1. The molecule has 2 N–H and O–H groups in total. The van der Waals surface area contributed by atoms with Crippen molar-refractivity contribution in [1.29, 1.82) is 0 Å². The summed E-state index contributed by atoms with van der Waals surface area (Å²) in [6.07, 6.45) is 5.16. The standard InChI is InChI=1S/C25H25F2N5O/c1-32(2)10-9-28-25(33)14-7-8-17(19(26)11-14)23-16-6-4-3-5-15(16)22-18-13-29-31-21(18)12-20(27)24(22)30-23/h7-8,11-13H,3-6,9-10H2,1-2H3,(H,28,33)(H,29,31). The molecular formula is C25H25F2N5O. The fourth-order valence-electron chi connectivity index (χ4n) is 4.65. The van der Waals surface area contributed by atoms with Crippen LogP contribution in [-0.2, 0) is 12.8 Å². The second kappa shape index (κ2) is 8.51. The molecule has 0 saturated heterocycles. The lowest BCUT2D eigenvalue weighted by Gasteiger charge is -2.22. The summed E-state index contributed by atoms with van der Waals surface area (Å²) >= 11 is 0. The number of hydrogen-bond acceptors (Lipinski definition) is 4. The van der Waals surface area contributed by atoms with Gasteiger partial charge in [-0.3, -0.25) is 9.89 Å². The molecule has 1 amide bonds. The Balaban J connectivity index is 1.61. The number of aromatic amines is 1. The summed E-state index contributed by atoms with van der Waals surface area (Å²) in [7, 11) is 3.83. The molecule has 0 bridgehead atoms. The molecule has 2 aromatic carbocycles. The van der Waals surface area contributed by atoms with E-state index in [9.17, 15) is 4.79 Å².